The van der Waals surface area contributed by atoms with Crippen molar-refractivity contribution in [3.8, 4) is 0 Å². The molecule has 0 saturated carbocycles. The molecule has 0 aromatic carbocycles. The highest BCUT2D eigenvalue weighted by atomic mass is 16.6. The lowest BCUT2D eigenvalue weighted by atomic mass is 9.85. The molecule has 0 aromatic rings. The number of nitrogens with zero attached hydrogens (tertiary/aromatic N) is 1. The Morgan fingerprint density at radius 1 is 1.26 bits per heavy atom. The summed E-state index contributed by atoms with van der Waals surface area (Å²) in [6.45, 7) is 10.1. The zero-order valence-corrected chi connectivity index (χ0v) is 17.0. The summed E-state index contributed by atoms with van der Waals surface area (Å²) >= 11 is 0. The maximum atomic E-state index is 12.4. The quantitative estimate of drug-likeness (QED) is 0.505. The lowest BCUT2D eigenvalue weighted by molar-refractivity contribution is -0.186. The van der Waals surface area contributed by atoms with Gasteiger partial charge in [-0.1, -0.05) is 19.9 Å². The second kappa shape index (κ2) is 8.71. The molecule has 154 valence electrons. The minimum Gasteiger partial charge on any atom is -0.463 e. The van der Waals surface area contributed by atoms with Crippen LogP contribution in [0.25, 0.3) is 0 Å². The molecule has 7 heteroatoms. The van der Waals surface area contributed by atoms with E-state index in [2.05, 4.69) is 4.90 Å². The van der Waals surface area contributed by atoms with E-state index < -0.39 is 23.6 Å². The first-order valence-electron chi connectivity index (χ1n) is 9.78. The number of allylic oxidation sites excluding steroid dienone is 1. The first-order valence-corrected chi connectivity index (χ1v) is 9.78. The molecule has 27 heavy (non-hydrogen) atoms. The Morgan fingerprint density at radius 2 is 1.89 bits per heavy atom. The van der Waals surface area contributed by atoms with Crippen LogP contribution in [0.3, 0.4) is 0 Å². The average molecular weight is 383 g/mol. The molecule has 7 nitrogen and oxygen atoms in total. The monoisotopic (exact) mass is 383 g/mol. The molecule has 2 heterocycles. The summed E-state index contributed by atoms with van der Waals surface area (Å²) in [5.41, 5.74) is -1.35. The van der Waals surface area contributed by atoms with E-state index in [4.69, 9.17) is 9.47 Å². The van der Waals surface area contributed by atoms with Crippen molar-refractivity contribution >= 4 is 11.9 Å². The summed E-state index contributed by atoms with van der Waals surface area (Å²) in [7, 11) is 0. The first-order chi connectivity index (χ1) is 12.6. The Balaban J connectivity index is 2.00. The number of rotatable bonds is 7. The molecule has 0 unspecified atom stereocenters. The van der Waals surface area contributed by atoms with E-state index in [0.717, 1.165) is 25.9 Å². The predicted octanol–water partition coefficient (Wildman–Crippen LogP) is 1.27. The van der Waals surface area contributed by atoms with Crippen LogP contribution in [0.5, 0.6) is 0 Å². The largest absolute Gasteiger partial charge is 0.463 e. The average Bonchev–Trinajstić information content (AvgIpc) is 3.20. The van der Waals surface area contributed by atoms with Gasteiger partial charge in [-0.2, -0.15) is 0 Å². The van der Waals surface area contributed by atoms with E-state index in [0.29, 0.717) is 5.57 Å². The second-order valence-electron chi connectivity index (χ2n) is 8.03. The molecule has 2 saturated heterocycles. The van der Waals surface area contributed by atoms with Crippen LogP contribution in [0.15, 0.2) is 11.6 Å². The lowest BCUT2D eigenvalue weighted by Crippen LogP contribution is -2.53. The number of fused-ring (bicyclic) bond motifs is 1. The number of carbonyl (C=O) groups excluding carboxylic acids is 2. The van der Waals surface area contributed by atoms with Gasteiger partial charge >= 0.3 is 11.9 Å². The van der Waals surface area contributed by atoms with Crippen LogP contribution >= 0.6 is 0 Å². The second-order valence-corrected chi connectivity index (χ2v) is 8.03. The van der Waals surface area contributed by atoms with Gasteiger partial charge in [-0.25, -0.2) is 9.59 Å². The van der Waals surface area contributed by atoms with E-state index in [9.17, 15) is 19.8 Å². The standard InChI is InChI=1S/C20H33NO6/c1-6-13(4)18(23)27-16-8-10-21-9-7-15(17(16)21)11-26-19(24)20(25,12(2)3)14(5)22/h6,12,14-17,22,25H,7-11H2,1-5H3/b13-6-/t14-,15+,16+,17+,20-/m0/s1. The highest BCUT2D eigenvalue weighted by molar-refractivity contribution is 5.87. The molecular formula is C20H33NO6. The van der Waals surface area contributed by atoms with Crippen molar-refractivity contribution in [2.75, 3.05) is 19.7 Å². The normalized spacial score (nSPS) is 29.3. The van der Waals surface area contributed by atoms with Crippen LogP contribution in [0.1, 0.15) is 47.5 Å². The van der Waals surface area contributed by atoms with Crippen molar-refractivity contribution in [1.29, 1.82) is 0 Å². The number of ether oxygens (including phenoxy) is 2. The number of esters is 2. The molecular weight excluding hydrogens is 350 g/mol. The SMILES string of the molecule is C/C=C(/C)C(=O)O[C@@H]1CCN2CC[C@H](COC(=O)[C@](O)(C(C)C)[C@H](C)O)[C@H]12. The Labute approximate surface area is 161 Å². The van der Waals surface area contributed by atoms with Gasteiger partial charge in [-0.15, -0.1) is 0 Å². The molecule has 2 aliphatic heterocycles. The van der Waals surface area contributed by atoms with Crippen molar-refractivity contribution in [2.24, 2.45) is 11.8 Å². The van der Waals surface area contributed by atoms with Gasteiger partial charge in [-0.05, 0) is 46.1 Å². The van der Waals surface area contributed by atoms with Crippen LogP contribution in [0.2, 0.25) is 0 Å². The molecule has 2 rings (SSSR count). The Bertz CT molecular complexity index is 577. The first kappa shape index (κ1) is 21.9. The van der Waals surface area contributed by atoms with Gasteiger partial charge in [-0.3, -0.25) is 4.90 Å². The zero-order valence-electron chi connectivity index (χ0n) is 17.0. The van der Waals surface area contributed by atoms with Crippen LogP contribution in [0, 0.1) is 11.8 Å². The molecule has 2 N–H and O–H groups in total. The summed E-state index contributed by atoms with van der Waals surface area (Å²) in [6, 6.07) is 0.0186. The van der Waals surface area contributed by atoms with E-state index in [1.54, 1.807) is 33.8 Å². The highest BCUT2D eigenvalue weighted by Gasteiger charge is 2.49. The smallest absolute Gasteiger partial charge is 0.341 e. The van der Waals surface area contributed by atoms with Crippen LogP contribution in [-0.4, -0.2) is 70.6 Å². The van der Waals surface area contributed by atoms with Crippen molar-refractivity contribution in [3.05, 3.63) is 11.6 Å². The predicted molar refractivity (Wildman–Crippen MR) is 99.8 cm³/mol. The van der Waals surface area contributed by atoms with E-state index in [-0.39, 0.29) is 30.6 Å². The molecule has 0 bridgehead atoms. The molecule has 0 aromatic heterocycles. The van der Waals surface area contributed by atoms with E-state index in [1.807, 2.05) is 0 Å². The number of aliphatic hydroxyl groups excluding tert-OH is 1. The molecule has 0 amide bonds. The number of aliphatic hydroxyl groups is 2. The fourth-order valence-electron chi connectivity index (χ4n) is 4.06. The van der Waals surface area contributed by atoms with Crippen molar-refractivity contribution < 1.29 is 29.3 Å². The summed E-state index contributed by atoms with van der Waals surface area (Å²) < 4.78 is 11.1. The molecule has 5 atom stereocenters. The summed E-state index contributed by atoms with van der Waals surface area (Å²) in [4.78, 5) is 26.8. The van der Waals surface area contributed by atoms with E-state index in [1.165, 1.54) is 6.92 Å². The molecule has 2 fully saturated rings. The highest BCUT2D eigenvalue weighted by Crippen LogP contribution is 2.35. The number of hydrogen-bond donors (Lipinski definition) is 2. The van der Waals surface area contributed by atoms with Crippen molar-refractivity contribution in [1.82, 2.24) is 4.90 Å². The Hall–Kier alpha value is -1.44. The molecule has 0 aliphatic carbocycles. The van der Waals surface area contributed by atoms with Gasteiger partial charge in [0, 0.05) is 18.0 Å². The van der Waals surface area contributed by atoms with E-state index >= 15 is 0 Å². The number of hydrogen-bond acceptors (Lipinski definition) is 7. The number of carbonyl (C=O) groups is 2. The van der Waals surface area contributed by atoms with Gasteiger partial charge < -0.3 is 19.7 Å². The summed E-state index contributed by atoms with van der Waals surface area (Å²) in [6.07, 6.45) is 1.88. The molecule has 0 radical (unpaired) electrons. The minimum absolute atomic E-state index is 0.0186. The van der Waals surface area contributed by atoms with Crippen molar-refractivity contribution in [2.45, 2.75) is 71.3 Å². The third-order valence-corrected chi connectivity index (χ3v) is 6.06. The lowest BCUT2D eigenvalue weighted by Gasteiger charge is -2.33. The molecule has 0 spiro atoms. The Kier molecular flexibility index (Phi) is 7.05. The summed E-state index contributed by atoms with van der Waals surface area (Å²) in [5.74, 6) is -1.56. The third kappa shape index (κ3) is 4.36. The topological polar surface area (TPSA) is 96.3 Å². The third-order valence-electron chi connectivity index (χ3n) is 6.06. The van der Waals surface area contributed by atoms with Gasteiger partial charge in [0.15, 0.2) is 5.60 Å². The fourth-order valence-corrected chi connectivity index (χ4v) is 4.06. The Morgan fingerprint density at radius 3 is 2.44 bits per heavy atom. The van der Waals surface area contributed by atoms with Gasteiger partial charge in [0.05, 0.1) is 18.8 Å². The fraction of sp³-hybridized carbons (Fsp3) is 0.800. The summed E-state index contributed by atoms with van der Waals surface area (Å²) in [5, 5.41) is 20.4. The van der Waals surface area contributed by atoms with Gasteiger partial charge in [0.2, 0.25) is 0 Å². The van der Waals surface area contributed by atoms with Crippen LogP contribution < -0.4 is 0 Å². The zero-order chi connectivity index (χ0) is 20.4. The molecule has 2 aliphatic rings. The minimum atomic E-state index is -1.93. The maximum Gasteiger partial charge on any atom is 0.341 e. The van der Waals surface area contributed by atoms with Crippen molar-refractivity contribution in [3.63, 3.8) is 0 Å². The van der Waals surface area contributed by atoms with Gasteiger partial charge in [0.25, 0.3) is 0 Å². The van der Waals surface area contributed by atoms with Crippen LogP contribution in [0.4, 0.5) is 0 Å². The van der Waals surface area contributed by atoms with Crippen LogP contribution in [-0.2, 0) is 19.1 Å². The van der Waals surface area contributed by atoms with Gasteiger partial charge in [0.1, 0.15) is 6.10 Å². The maximum absolute atomic E-state index is 12.4.